The Labute approximate surface area is 54.5 Å². The molecule has 0 fully saturated rings. The highest BCUT2D eigenvalue weighted by Gasteiger charge is 1.70. The summed E-state index contributed by atoms with van der Waals surface area (Å²) in [5.74, 6) is 0. The summed E-state index contributed by atoms with van der Waals surface area (Å²) in [5, 5.41) is 0. The van der Waals surface area contributed by atoms with Crippen molar-refractivity contribution in [3.63, 3.8) is 0 Å². The Morgan fingerprint density at radius 1 is 1.17 bits per heavy atom. The van der Waals surface area contributed by atoms with Crippen LogP contribution >= 0.6 is 22.6 Å². The van der Waals surface area contributed by atoms with Crippen molar-refractivity contribution < 1.29 is 0 Å². The first-order chi connectivity index (χ1) is 2.73. The summed E-state index contributed by atoms with van der Waals surface area (Å²) in [5.41, 5.74) is 0. The number of halogens is 1. The SMILES string of the molecule is CC.CC(C)I. The lowest BCUT2D eigenvalue weighted by Gasteiger charge is -1.76. The first-order valence-electron chi connectivity index (χ1n) is 2.37. The molecule has 0 rings (SSSR count). The molecule has 0 saturated heterocycles. The summed E-state index contributed by atoms with van der Waals surface area (Å²) in [7, 11) is 0. The third-order valence-electron chi connectivity index (χ3n) is 0. The molecule has 6 heavy (non-hydrogen) atoms. The van der Waals surface area contributed by atoms with E-state index in [1.54, 1.807) is 0 Å². The van der Waals surface area contributed by atoms with Crippen molar-refractivity contribution in [1.29, 1.82) is 0 Å². The van der Waals surface area contributed by atoms with Gasteiger partial charge in [-0.1, -0.05) is 50.3 Å². The Morgan fingerprint density at radius 3 is 1.17 bits per heavy atom. The van der Waals surface area contributed by atoms with Gasteiger partial charge in [0.1, 0.15) is 0 Å². The van der Waals surface area contributed by atoms with Gasteiger partial charge in [-0.3, -0.25) is 0 Å². The van der Waals surface area contributed by atoms with Gasteiger partial charge in [0, 0.05) is 3.92 Å². The van der Waals surface area contributed by atoms with E-state index < -0.39 is 0 Å². The number of hydrogen-bond donors (Lipinski definition) is 0. The van der Waals surface area contributed by atoms with Crippen molar-refractivity contribution in [3.8, 4) is 0 Å². The van der Waals surface area contributed by atoms with Gasteiger partial charge in [0.15, 0.2) is 0 Å². The third kappa shape index (κ3) is 123. The van der Waals surface area contributed by atoms with Crippen LogP contribution in [0.15, 0.2) is 0 Å². The smallest absolute Gasteiger partial charge is 0.00530 e. The zero-order valence-corrected chi connectivity index (χ0v) is 7.11. The van der Waals surface area contributed by atoms with E-state index in [-0.39, 0.29) is 0 Å². The monoisotopic (exact) mass is 200 g/mol. The Bertz CT molecular complexity index is 8.66. The Balaban J connectivity index is 0. The van der Waals surface area contributed by atoms with Crippen LogP contribution in [0.25, 0.3) is 0 Å². The summed E-state index contributed by atoms with van der Waals surface area (Å²) >= 11 is 2.34. The Kier molecular flexibility index (Phi) is 15.2. The van der Waals surface area contributed by atoms with E-state index in [1.165, 1.54) is 0 Å². The Hall–Kier alpha value is 0.730. The molecule has 0 amide bonds. The molecular weight excluding hydrogens is 187 g/mol. The predicted octanol–water partition coefficient (Wildman–Crippen LogP) is 2.86. The fraction of sp³-hybridized carbons (Fsp3) is 1.00. The lowest BCUT2D eigenvalue weighted by Crippen LogP contribution is -1.69. The van der Waals surface area contributed by atoms with Crippen molar-refractivity contribution in [2.75, 3.05) is 0 Å². The molecule has 0 saturated carbocycles. The van der Waals surface area contributed by atoms with Crippen molar-refractivity contribution in [2.45, 2.75) is 31.6 Å². The van der Waals surface area contributed by atoms with Crippen molar-refractivity contribution in [1.82, 2.24) is 0 Å². The van der Waals surface area contributed by atoms with Gasteiger partial charge in [0.05, 0.1) is 0 Å². The van der Waals surface area contributed by atoms with Crippen molar-refractivity contribution in [3.05, 3.63) is 0 Å². The zero-order valence-electron chi connectivity index (χ0n) is 4.96. The normalized spacial score (nSPS) is 7.00. The average Bonchev–Trinajstić information content (AvgIpc) is 1.41. The predicted molar refractivity (Wildman–Crippen MR) is 40.5 cm³/mol. The first kappa shape index (κ1) is 9.88. The second-order valence-electron chi connectivity index (χ2n) is 1.01. The minimum Gasteiger partial charge on any atom is -0.0832 e. The van der Waals surface area contributed by atoms with Gasteiger partial charge in [-0.25, -0.2) is 0 Å². The van der Waals surface area contributed by atoms with Crippen LogP contribution in [-0.2, 0) is 0 Å². The molecular formula is C5H13I. The van der Waals surface area contributed by atoms with Gasteiger partial charge in [0.2, 0.25) is 0 Å². The maximum atomic E-state index is 2.34. The second kappa shape index (κ2) is 9.21. The first-order valence-corrected chi connectivity index (χ1v) is 3.62. The third-order valence-corrected chi connectivity index (χ3v) is 0. The van der Waals surface area contributed by atoms with E-state index in [1.807, 2.05) is 13.8 Å². The van der Waals surface area contributed by atoms with E-state index >= 15 is 0 Å². The van der Waals surface area contributed by atoms with Gasteiger partial charge in [-0.05, 0) is 0 Å². The molecule has 40 valence electrons. The van der Waals surface area contributed by atoms with Crippen LogP contribution in [0.5, 0.6) is 0 Å². The minimum absolute atomic E-state index is 0.803. The van der Waals surface area contributed by atoms with Crippen LogP contribution in [0.1, 0.15) is 27.7 Å². The quantitative estimate of drug-likeness (QED) is 0.416. The topological polar surface area (TPSA) is 0 Å². The van der Waals surface area contributed by atoms with E-state index in [9.17, 15) is 0 Å². The van der Waals surface area contributed by atoms with Crippen molar-refractivity contribution in [2.24, 2.45) is 0 Å². The molecule has 0 atom stereocenters. The van der Waals surface area contributed by atoms with Crippen LogP contribution in [0.4, 0.5) is 0 Å². The summed E-state index contributed by atoms with van der Waals surface area (Å²) in [4.78, 5) is 0. The summed E-state index contributed by atoms with van der Waals surface area (Å²) in [6, 6.07) is 0. The van der Waals surface area contributed by atoms with Crippen LogP contribution in [0, 0.1) is 0 Å². The molecule has 0 aliphatic carbocycles. The second-order valence-corrected chi connectivity index (χ2v) is 3.51. The minimum atomic E-state index is 0.803. The fourth-order valence-electron chi connectivity index (χ4n) is 0. The van der Waals surface area contributed by atoms with Crippen molar-refractivity contribution >= 4 is 22.6 Å². The largest absolute Gasteiger partial charge is 0.0832 e. The van der Waals surface area contributed by atoms with Gasteiger partial charge in [-0.2, -0.15) is 0 Å². The fourth-order valence-corrected chi connectivity index (χ4v) is 0. The molecule has 0 nitrogen and oxygen atoms in total. The van der Waals surface area contributed by atoms with E-state index in [0.717, 1.165) is 3.92 Å². The van der Waals surface area contributed by atoms with Gasteiger partial charge in [0.25, 0.3) is 0 Å². The molecule has 0 spiro atoms. The molecule has 0 radical (unpaired) electrons. The van der Waals surface area contributed by atoms with Gasteiger partial charge < -0.3 is 0 Å². The highest BCUT2D eigenvalue weighted by molar-refractivity contribution is 14.1. The molecule has 0 heterocycles. The average molecular weight is 200 g/mol. The molecule has 0 aromatic carbocycles. The van der Waals surface area contributed by atoms with Crippen LogP contribution in [0.2, 0.25) is 0 Å². The number of alkyl halides is 1. The molecule has 0 unspecified atom stereocenters. The van der Waals surface area contributed by atoms with Crippen LogP contribution in [0.3, 0.4) is 0 Å². The van der Waals surface area contributed by atoms with Gasteiger partial charge in [-0.15, -0.1) is 0 Å². The van der Waals surface area contributed by atoms with E-state index in [4.69, 9.17) is 0 Å². The highest BCUT2D eigenvalue weighted by atomic mass is 127. The molecule has 0 N–H and O–H groups in total. The maximum Gasteiger partial charge on any atom is 0.00530 e. The molecule has 0 aromatic heterocycles. The molecule has 0 aliphatic rings. The Morgan fingerprint density at radius 2 is 1.17 bits per heavy atom. The molecule has 0 bridgehead atoms. The standard InChI is InChI=1S/C3H7I.C2H6/c1-3(2)4;1-2/h3H,1-2H3;1-2H3. The van der Waals surface area contributed by atoms with Crippen LogP contribution < -0.4 is 0 Å². The molecule has 1 heteroatoms. The number of rotatable bonds is 0. The molecule has 0 aliphatic heterocycles. The maximum absolute atomic E-state index is 2.34. The molecule has 0 aromatic rings. The zero-order chi connectivity index (χ0) is 5.58. The highest BCUT2D eigenvalue weighted by Crippen LogP contribution is 1.91. The van der Waals surface area contributed by atoms with E-state index in [0.29, 0.717) is 0 Å². The lowest BCUT2D eigenvalue weighted by molar-refractivity contribution is 1.16. The van der Waals surface area contributed by atoms with Crippen LogP contribution in [-0.4, -0.2) is 3.92 Å². The summed E-state index contributed by atoms with van der Waals surface area (Å²) in [6.07, 6.45) is 0. The van der Waals surface area contributed by atoms with E-state index in [2.05, 4.69) is 36.4 Å². The lowest BCUT2D eigenvalue weighted by atomic mass is 10.6. The summed E-state index contributed by atoms with van der Waals surface area (Å²) < 4.78 is 0.803. The van der Waals surface area contributed by atoms with Gasteiger partial charge >= 0.3 is 0 Å². The number of hydrogen-bond acceptors (Lipinski definition) is 0. The summed E-state index contributed by atoms with van der Waals surface area (Å²) in [6.45, 7) is 8.31.